The van der Waals surface area contributed by atoms with Crippen LogP contribution >= 0.6 is 15.9 Å². The second-order valence-corrected chi connectivity index (χ2v) is 6.74. The van der Waals surface area contributed by atoms with Crippen molar-refractivity contribution in [1.82, 2.24) is 14.8 Å². The molecule has 0 saturated heterocycles. The quantitative estimate of drug-likeness (QED) is 0.468. The van der Waals surface area contributed by atoms with Crippen molar-refractivity contribution in [1.29, 1.82) is 0 Å². The van der Waals surface area contributed by atoms with Crippen LogP contribution in [0, 0.1) is 6.92 Å². The Bertz CT molecular complexity index is 1110. The van der Waals surface area contributed by atoms with Gasteiger partial charge in [0.15, 0.2) is 0 Å². The minimum absolute atomic E-state index is 0.130. The van der Waals surface area contributed by atoms with E-state index in [0.717, 1.165) is 43.1 Å². The molecule has 0 fully saturated rings. The summed E-state index contributed by atoms with van der Waals surface area (Å²) in [6.45, 7) is 3.56. The number of rotatable bonds is 1. The monoisotopic (exact) mass is 379 g/mol. The van der Waals surface area contributed by atoms with E-state index in [0.29, 0.717) is 0 Å². The second kappa shape index (κ2) is 5.53. The predicted octanol–water partition coefficient (Wildman–Crippen LogP) is 4.98. The van der Waals surface area contributed by atoms with E-state index >= 15 is 0 Å². The van der Waals surface area contributed by atoms with E-state index in [1.165, 1.54) is 11.6 Å². The normalized spacial score (nSPS) is 11.3. The Morgan fingerprint density at radius 2 is 2.00 bits per heavy atom. The minimum Gasteiger partial charge on any atom is -0.273 e. The number of hydrogen-bond acceptors (Lipinski definition) is 3. The molecule has 24 heavy (non-hydrogen) atoms. The Labute approximate surface area is 147 Å². The van der Waals surface area contributed by atoms with E-state index in [-0.39, 0.29) is 5.91 Å². The number of hydrogen-bond donors (Lipinski definition) is 0. The largest absolute Gasteiger partial charge is 0.273 e. The van der Waals surface area contributed by atoms with Gasteiger partial charge >= 0.3 is 0 Å². The van der Waals surface area contributed by atoms with Crippen LogP contribution in [0.25, 0.3) is 33.1 Å². The molecule has 0 aliphatic rings. The van der Waals surface area contributed by atoms with Crippen molar-refractivity contribution in [2.75, 3.05) is 0 Å². The molecule has 0 N–H and O–H groups in total. The molecule has 4 rings (SSSR count). The summed E-state index contributed by atoms with van der Waals surface area (Å²) in [5.74, 6) is -0.130. The van der Waals surface area contributed by atoms with Crippen molar-refractivity contribution in [3.63, 3.8) is 0 Å². The molecule has 0 saturated carbocycles. The Hall–Kier alpha value is -2.53. The van der Waals surface area contributed by atoms with E-state index in [4.69, 9.17) is 0 Å². The highest BCUT2D eigenvalue weighted by molar-refractivity contribution is 9.10. The van der Waals surface area contributed by atoms with Gasteiger partial charge in [-0.3, -0.25) is 9.78 Å². The highest BCUT2D eigenvalue weighted by Gasteiger charge is 2.18. The molecule has 2 aromatic heterocycles. The fraction of sp³-hybridized carbons (Fsp3) is 0.105. The zero-order chi connectivity index (χ0) is 16.8. The minimum atomic E-state index is -0.130. The lowest BCUT2D eigenvalue weighted by molar-refractivity contribution is 0.0927. The van der Waals surface area contributed by atoms with Crippen LogP contribution in [0.15, 0.2) is 53.1 Å². The average Bonchev–Trinajstić information content (AvgIpc) is 2.95. The number of fused-ring (bicyclic) bond motifs is 3. The molecule has 0 aliphatic heterocycles. The molecule has 0 atom stereocenters. The van der Waals surface area contributed by atoms with Crippen LogP contribution in [-0.2, 0) is 0 Å². The zero-order valence-corrected chi connectivity index (χ0v) is 14.8. The molecular weight excluding hydrogens is 366 g/mol. The molecule has 0 bridgehead atoms. The van der Waals surface area contributed by atoms with Crippen LogP contribution in [0.5, 0.6) is 0 Å². The molecule has 118 valence electrons. The summed E-state index contributed by atoms with van der Waals surface area (Å²) in [6.07, 6.45) is 1.72. The van der Waals surface area contributed by atoms with Gasteiger partial charge in [-0.05, 0) is 31.2 Å². The number of carbonyl (C=O) groups excluding carboxylic acids is 1. The topological polar surface area (TPSA) is 47.8 Å². The summed E-state index contributed by atoms with van der Waals surface area (Å²) >= 11 is 3.52. The van der Waals surface area contributed by atoms with E-state index in [1.807, 2.05) is 43.3 Å². The standard InChI is InChI=1S/C19H14BrN3O/c1-11-4-3-5-13(8-11)19-18-15-9-14(20)6-7-16(15)21-10-17(18)23(22-19)12(2)24/h3-10H,1-2H3. The van der Waals surface area contributed by atoms with Gasteiger partial charge in [-0.15, -0.1) is 0 Å². The number of halogens is 1. The highest BCUT2D eigenvalue weighted by atomic mass is 79.9. The number of pyridine rings is 1. The number of benzene rings is 2. The lowest BCUT2D eigenvalue weighted by Gasteiger charge is -2.03. The third kappa shape index (κ3) is 2.32. The van der Waals surface area contributed by atoms with Crippen LogP contribution < -0.4 is 0 Å². The Morgan fingerprint density at radius 3 is 2.75 bits per heavy atom. The van der Waals surface area contributed by atoms with Gasteiger partial charge in [-0.1, -0.05) is 39.7 Å². The van der Waals surface area contributed by atoms with Crippen molar-refractivity contribution in [2.45, 2.75) is 13.8 Å². The molecule has 0 unspecified atom stereocenters. The first-order chi connectivity index (χ1) is 11.5. The van der Waals surface area contributed by atoms with E-state index in [2.05, 4.69) is 32.1 Å². The third-order valence-corrected chi connectivity index (χ3v) is 4.56. The summed E-state index contributed by atoms with van der Waals surface area (Å²) in [7, 11) is 0. The molecule has 4 nitrogen and oxygen atoms in total. The van der Waals surface area contributed by atoms with Crippen molar-refractivity contribution in [3.8, 4) is 11.3 Å². The van der Waals surface area contributed by atoms with Crippen LogP contribution in [0.4, 0.5) is 0 Å². The summed E-state index contributed by atoms with van der Waals surface area (Å²) in [5, 5.41) is 6.52. The maximum Gasteiger partial charge on any atom is 0.244 e. The van der Waals surface area contributed by atoms with Gasteiger partial charge < -0.3 is 0 Å². The molecule has 2 heterocycles. The average molecular weight is 380 g/mol. The maximum atomic E-state index is 12.0. The molecule has 0 amide bonds. The van der Waals surface area contributed by atoms with Gasteiger partial charge in [0.25, 0.3) is 0 Å². The van der Waals surface area contributed by atoms with Crippen LogP contribution in [0.2, 0.25) is 0 Å². The summed E-state index contributed by atoms with van der Waals surface area (Å²) in [4.78, 5) is 16.5. The van der Waals surface area contributed by atoms with Gasteiger partial charge in [0.2, 0.25) is 5.91 Å². The molecular formula is C19H14BrN3O. The van der Waals surface area contributed by atoms with E-state index < -0.39 is 0 Å². The van der Waals surface area contributed by atoms with Crippen molar-refractivity contribution >= 4 is 43.6 Å². The third-order valence-electron chi connectivity index (χ3n) is 4.06. The molecule has 2 aromatic carbocycles. The summed E-state index contributed by atoms with van der Waals surface area (Å²) in [6, 6.07) is 14.1. The van der Waals surface area contributed by atoms with Gasteiger partial charge in [0.05, 0.1) is 17.2 Å². The molecule has 0 spiro atoms. The van der Waals surface area contributed by atoms with Crippen molar-refractivity contribution in [2.24, 2.45) is 0 Å². The van der Waals surface area contributed by atoms with Crippen LogP contribution in [-0.4, -0.2) is 20.7 Å². The SMILES string of the molecule is CC(=O)n1nc(-c2cccc(C)c2)c2c3cc(Br)ccc3ncc21. The number of nitrogens with zero attached hydrogens (tertiary/aromatic N) is 3. The fourth-order valence-electron chi connectivity index (χ4n) is 3.00. The van der Waals surface area contributed by atoms with Crippen LogP contribution in [0.1, 0.15) is 17.3 Å². The first kappa shape index (κ1) is 15.0. The Balaban J connectivity index is 2.19. The smallest absolute Gasteiger partial charge is 0.244 e. The molecule has 0 aliphatic carbocycles. The van der Waals surface area contributed by atoms with Gasteiger partial charge in [0, 0.05) is 27.7 Å². The maximum absolute atomic E-state index is 12.0. The van der Waals surface area contributed by atoms with Gasteiger partial charge in [0.1, 0.15) is 5.69 Å². The lowest BCUT2D eigenvalue weighted by atomic mass is 10.0. The molecule has 0 radical (unpaired) electrons. The Kier molecular flexibility index (Phi) is 3.46. The van der Waals surface area contributed by atoms with Crippen molar-refractivity contribution < 1.29 is 4.79 Å². The zero-order valence-electron chi connectivity index (χ0n) is 13.2. The molecule has 5 heteroatoms. The fourth-order valence-corrected chi connectivity index (χ4v) is 3.36. The molecule has 4 aromatic rings. The first-order valence-electron chi connectivity index (χ1n) is 7.59. The second-order valence-electron chi connectivity index (χ2n) is 5.83. The lowest BCUT2D eigenvalue weighted by Crippen LogP contribution is -2.07. The summed E-state index contributed by atoms with van der Waals surface area (Å²) < 4.78 is 2.40. The van der Waals surface area contributed by atoms with E-state index in [9.17, 15) is 4.79 Å². The highest BCUT2D eigenvalue weighted by Crippen LogP contribution is 2.34. The number of aromatic nitrogens is 3. The van der Waals surface area contributed by atoms with Gasteiger partial charge in [-0.25, -0.2) is 0 Å². The van der Waals surface area contributed by atoms with Crippen LogP contribution in [0.3, 0.4) is 0 Å². The Morgan fingerprint density at radius 1 is 1.17 bits per heavy atom. The number of aryl methyl sites for hydroxylation is 1. The first-order valence-corrected chi connectivity index (χ1v) is 8.39. The van der Waals surface area contributed by atoms with Gasteiger partial charge in [-0.2, -0.15) is 9.78 Å². The summed E-state index contributed by atoms with van der Waals surface area (Å²) in [5.41, 5.74) is 4.55. The predicted molar refractivity (Wildman–Crippen MR) is 99.2 cm³/mol. The van der Waals surface area contributed by atoms with E-state index in [1.54, 1.807) is 6.20 Å². The number of carbonyl (C=O) groups is 1. The van der Waals surface area contributed by atoms with Crippen molar-refractivity contribution in [3.05, 3.63) is 58.7 Å².